The molecule has 0 spiro atoms. The van der Waals surface area contributed by atoms with Gasteiger partial charge in [0.1, 0.15) is 11.5 Å². The van der Waals surface area contributed by atoms with Crippen LogP contribution in [0.5, 0.6) is 11.5 Å². The van der Waals surface area contributed by atoms with Gasteiger partial charge in [-0.2, -0.15) is 0 Å². The minimum absolute atomic E-state index is 0.812. The average Bonchev–Trinajstić information content (AvgIpc) is 2.60. The van der Waals surface area contributed by atoms with E-state index in [0.717, 1.165) is 37.6 Å². The highest BCUT2D eigenvalue weighted by Crippen LogP contribution is 2.23. The summed E-state index contributed by atoms with van der Waals surface area (Å²) in [6.07, 6.45) is 15.5. The first kappa shape index (κ1) is 21.9. The standard InChI is InChI=1S/C23H40O2/c1-4-6-8-10-12-14-16-24-22-18-21(3)19-23(20-22)25-17-15-13-11-9-7-5-2/h18-20H,4-17H2,1-3H3. The Kier molecular flexibility index (Phi) is 13.2. The second-order valence-electron chi connectivity index (χ2n) is 7.21. The van der Waals surface area contributed by atoms with E-state index in [1.165, 1.54) is 69.8 Å². The van der Waals surface area contributed by atoms with Crippen molar-refractivity contribution in [2.75, 3.05) is 13.2 Å². The summed E-state index contributed by atoms with van der Waals surface area (Å²) in [6.45, 7) is 8.24. The quantitative estimate of drug-likeness (QED) is 0.288. The van der Waals surface area contributed by atoms with E-state index in [2.05, 4.69) is 32.9 Å². The molecule has 0 bridgehead atoms. The molecule has 0 saturated carbocycles. The molecule has 0 fully saturated rings. The molecule has 0 aliphatic carbocycles. The van der Waals surface area contributed by atoms with E-state index in [4.69, 9.17) is 9.47 Å². The highest BCUT2D eigenvalue weighted by molar-refractivity contribution is 5.37. The van der Waals surface area contributed by atoms with Crippen LogP contribution in [-0.4, -0.2) is 13.2 Å². The van der Waals surface area contributed by atoms with Crippen molar-refractivity contribution in [1.82, 2.24) is 0 Å². The maximum Gasteiger partial charge on any atom is 0.123 e. The van der Waals surface area contributed by atoms with Gasteiger partial charge in [0, 0.05) is 6.07 Å². The number of benzene rings is 1. The van der Waals surface area contributed by atoms with Crippen LogP contribution in [0.15, 0.2) is 18.2 Å². The van der Waals surface area contributed by atoms with E-state index in [1.807, 2.05) is 6.07 Å². The Morgan fingerprint density at radius 1 is 0.560 bits per heavy atom. The Morgan fingerprint density at radius 2 is 0.960 bits per heavy atom. The lowest BCUT2D eigenvalue weighted by Crippen LogP contribution is -2.00. The van der Waals surface area contributed by atoms with Gasteiger partial charge in [0.25, 0.3) is 0 Å². The van der Waals surface area contributed by atoms with Gasteiger partial charge in [-0.15, -0.1) is 0 Å². The van der Waals surface area contributed by atoms with Gasteiger partial charge >= 0.3 is 0 Å². The molecule has 0 radical (unpaired) electrons. The minimum atomic E-state index is 0.812. The van der Waals surface area contributed by atoms with Crippen LogP contribution in [0.3, 0.4) is 0 Å². The molecule has 2 nitrogen and oxygen atoms in total. The van der Waals surface area contributed by atoms with Crippen molar-refractivity contribution >= 4 is 0 Å². The molecule has 0 aliphatic heterocycles. The summed E-state index contributed by atoms with van der Waals surface area (Å²) < 4.78 is 11.9. The van der Waals surface area contributed by atoms with E-state index < -0.39 is 0 Å². The summed E-state index contributed by atoms with van der Waals surface area (Å²) in [7, 11) is 0. The number of aryl methyl sites for hydroxylation is 1. The van der Waals surface area contributed by atoms with Crippen LogP contribution in [-0.2, 0) is 0 Å². The zero-order chi connectivity index (χ0) is 18.2. The first-order valence-corrected chi connectivity index (χ1v) is 10.6. The molecule has 25 heavy (non-hydrogen) atoms. The molecule has 0 unspecified atom stereocenters. The molecule has 0 N–H and O–H groups in total. The largest absolute Gasteiger partial charge is 0.493 e. The number of rotatable bonds is 16. The van der Waals surface area contributed by atoms with Gasteiger partial charge < -0.3 is 9.47 Å². The van der Waals surface area contributed by atoms with E-state index in [-0.39, 0.29) is 0 Å². The highest BCUT2D eigenvalue weighted by Gasteiger charge is 2.02. The molecular weight excluding hydrogens is 308 g/mol. The molecule has 2 heteroatoms. The SMILES string of the molecule is CCCCCCCCOc1cc(C)cc(OCCCCCCCC)c1. The van der Waals surface area contributed by atoms with Crippen molar-refractivity contribution in [2.45, 2.75) is 97.8 Å². The van der Waals surface area contributed by atoms with E-state index in [1.54, 1.807) is 0 Å². The van der Waals surface area contributed by atoms with Gasteiger partial charge in [0.2, 0.25) is 0 Å². The normalized spacial score (nSPS) is 10.8. The van der Waals surface area contributed by atoms with Gasteiger partial charge in [0.05, 0.1) is 13.2 Å². The molecular formula is C23H40O2. The fourth-order valence-corrected chi connectivity index (χ4v) is 3.03. The summed E-state index contributed by atoms with van der Waals surface area (Å²) in [5, 5.41) is 0. The van der Waals surface area contributed by atoms with Crippen molar-refractivity contribution in [3.63, 3.8) is 0 Å². The molecule has 0 amide bonds. The topological polar surface area (TPSA) is 18.5 Å². The Labute approximate surface area is 156 Å². The monoisotopic (exact) mass is 348 g/mol. The molecule has 144 valence electrons. The third kappa shape index (κ3) is 11.9. The molecule has 0 aromatic heterocycles. The van der Waals surface area contributed by atoms with Crippen LogP contribution in [0.1, 0.15) is 96.5 Å². The zero-order valence-corrected chi connectivity index (χ0v) is 16.9. The molecule has 0 aliphatic rings. The Hall–Kier alpha value is -1.18. The maximum atomic E-state index is 5.93. The third-order valence-electron chi connectivity index (χ3n) is 4.56. The summed E-state index contributed by atoms with van der Waals surface area (Å²) >= 11 is 0. The van der Waals surface area contributed by atoms with Crippen LogP contribution in [0.2, 0.25) is 0 Å². The first-order valence-electron chi connectivity index (χ1n) is 10.6. The van der Waals surface area contributed by atoms with Crippen molar-refractivity contribution in [3.05, 3.63) is 23.8 Å². The first-order chi connectivity index (χ1) is 12.3. The highest BCUT2D eigenvalue weighted by atomic mass is 16.5. The van der Waals surface area contributed by atoms with Gasteiger partial charge in [-0.05, 0) is 37.5 Å². The number of ether oxygens (including phenoxy) is 2. The fourth-order valence-electron chi connectivity index (χ4n) is 3.03. The molecule has 0 heterocycles. The Balaban J connectivity index is 2.19. The van der Waals surface area contributed by atoms with Crippen molar-refractivity contribution in [3.8, 4) is 11.5 Å². The maximum absolute atomic E-state index is 5.93. The fraction of sp³-hybridized carbons (Fsp3) is 0.739. The van der Waals surface area contributed by atoms with Gasteiger partial charge in [-0.25, -0.2) is 0 Å². The van der Waals surface area contributed by atoms with Gasteiger partial charge in [-0.1, -0.05) is 78.1 Å². The van der Waals surface area contributed by atoms with E-state index in [9.17, 15) is 0 Å². The van der Waals surface area contributed by atoms with E-state index >= 15 is 0 Å². The number of unbranched alkanes of at least 4 members (excludes halogenated alkanes) is 10. The summed E-state index contributed by atoms with van der Waals surface area (Å²) in [5.74, 6) is 1.90. The number of hydrogen-bond acceptors (Lipinski definition) is 2. The zero-order valence-electron chi connectivity index (χ0n) is 16.9. The molecule has 1 aromatic carbocycles. The lowest BCUT2D eigenvalue weighted by atomic mass is 10.1. The molecule has 0 saturated heterocycles. The Morgan fingerprint density at radius 3 is 1.40 bits per heavy atom. The van der Waals surface area contributed by atoms with Crippen LogP contribution >= 0.6 is 0 Å². The minimum Gasteiger partial charge on any atom is -0.493 e. The second-order valence-corrected chi connectivity index (χ2v) is 7.21. The lowest BCUT2D eigenvalue weighted by Gasteiger charge is -2.11. The Bertz CT molecular complexity index is 392. The average molecular weight is 349 g/mol. The predicted molar refractivity (Wildman–Crippen MR) is 109 cm³/mol. The molecule has 1 aromatic rings. The van der Waals surface area contributed by atoms with Gasteiger partial charge in [0.15, 0.2) is 0 Å². The predicted octanol–water partition coefficient (Wildman–Crippen LogP) is 7.47. The van der Waals surface area contributed by atoms with Gasteiger partial charge in [-0.3, -0.25) is 0 Å². The summed E-state index contributed by atoms with van der Waals surface area (Å²) in [4.78, 5) is 0. The second kappa shape index (κ2) is 15.1. The van der Waals surface area contributed by atoms with Crippen LogP contribution < -0.4 is 9.47 Å². The van der Waals surface area contributed by atoms with Crippen LogP contribution in [0.25, 0.3) is 0 Å². The molecule has 1 rings (SSSR count). The third-order valence-corrected chi connectivity index (χ3v) is 4.56. The molecule has 0 atom stereocenters. The van der Waals surface area contributed by atoms with Crippen LogP contribution in [0, 0.1) is 6.92 Å². The number of hydrogen-bond donors (Lipinski definition) is 0. The van der Waals surface area contributed by atoms with E-state index in [0.29, 0.717) is 0 Å². The van der Waals surface area contributed by atoms with Crippen molar-refractivity contribution in [1.29, 1.82) is 0 Å². The van der Waals surface area contributed by atoms with Crippen LogP contribution in [0.4, 0.5) is 0 Å². The summed E-state index contributed by atoms with van der Waals surface area (Å²) in [5.41, 5.74) is 1.21. The smallest absolute Gasteiger partial charge is 0.123 e. The lowest BCUT2D eigenvalue weighted by molar-refractivity contribution is 0.289. The van der Waals surface area contributed by atoms with Crippen molar-refractivity contribution in [2.24, 2.45) is 0 Å². The van der Waals surface area contributed by atoms with Crippen molar-refractivity contribution < 1.29 is 9.47 Å². The summed E-state index contributed by atoms with van der Waals surface area (Å²) in [6, 6.07) is 6.25.